The van der Waals surface area contributed by atoms with Gasteiger partial charge >= 0.3 is 0 Å². The van der Waals surface area contributed by atoms with E-state index in [-0.39, 0.29) is 0 Å². The molecule has 0 saturated carbocycles. The molecule has 2 nitrogen and oxygen atoms in total. The van der Waals surface area contributed by atoms with Crippen molar-refractivity contribution in [2.24, 2.45) is 5.73 Å². The van der Waals surface area contributed by atoms with E-state index in [4.69, 9.17) is 23.1 Å². The SMILES string of the molecule is NCCC=Cc1cc(N)cc(Cl)c1. The van der Waals surface area contributed by atoms with Gasteiger partial charge in [0, 0.05) is 10.7 Å². The molecule has 13 heavy (non-hydrogen) atoms. The van der Waals surface area contributed by atoms with E-state index >= 15 is 0 Å². The fraction of sp³-hybridized carbons (Fsp3) is 0.200. The van der Waals surface area contributed by atoms with E-state index in [2.05, 4.69) is 0 Å². The molecule has 1 rings (SSSR count). The van der Waals surface area contributed by atoms with E-state index in [1.54, 1.807) is 6.07 Å². The topological polar surface area (TPSA) is 52.0 Å². The molecule has 0 aliphatic heterocycles. The zero-order valence-electron chi connectivity index (χ0n) is 7.33. The van der Waals surface area contributed by atoms with Crippen LogP contribution in [0.2, 0.25) is 5.02 Å². The Hall–Kier alpha value is -0.990. The second-order valence-electron chi connectivity index (χ2n) is 2.80. The Morgan fingerprint density at radius 3 is 2.69 bits per heavy atom. The minimum absolute atomic E-state index is 0.659. The van der Waals surface area contributed by atoms with Crippen LogP contribution in [0, 0.1) is 0 Å². The van der Waals surface area contributed by atoms with Gasteiger partial charge in [0.05, 0.1) is 0 Å². The summed E-state index contributed by atoms with van der Waals surface area (Å²) in [5, 5.41) is 0.660. The van der Waals surface area contributed by atoms with Gasteiger partial charge in [-0.15, -0.1) is 0 Å². The van der Waals surface area contributed by atoms with Crippen molar-refractivity contribution in [3.05, 3.63) is 34.9 Å². The quantitative estimate of drug-likeness (QED) is 0.729. The van der Waals surface area contributed by atoms with E-state index in [1.807, 2.05) is 24.3 Å². The van der Waals surface area contributed by atoms with Crippen molar-refractivity contribution < 1.29 is 0 Å². The summed E-state index contributed by atoms with van der Waals surface area (Å²) in [5.74, 6) is 0. The lowest BCUT2D eigenvalue weighted by Gasteiger charge is -1.98. The predicted octanol–water partition coefficient (Wildman–Crippen LogP) is 2.28. The molecule has 3 heteroatoms. The molecule has 0 fully saturated rings. The molecule has 0 spiro atoms. The summed E-state index contributed by atoms with van der Waals surface area (Å²) in [6, 6.07) is 5.46. The Bertz CT molecular complexity index is 288. The summed E-state index contributed by atoms with van der Waals surface area (Å²) < 4.78 is 0. The number of nitrogen functional groups attached to an aromatic ring is 1. The fourth-order valence-corrected chi connectivity index (χ4v) is 1.30. The van der Waals surface area contributed by atoms with Crippen LogP contribution in [0.4, 0.5) is 5.69 Å². The lowest BCUT2D eigenvalue weighted by atomic mass is 10.2. The number of nitrogens with two attached hydrogens (primary N) is 2. The van der Waals surface area contributed by atoms with Crippen LogP contribution in [-0.4, -0.2) is 6.54 Å². The van der Waals surface area contributed by atoms with Gasteiger partial charge in [-0.25, -0.2) is 0 Å². The fourth-order valence-electron chi connectivity index (χ4n) is 1.05. The van der Waals surface area contributed by atoms with Crippen LogP contribution in [0.3, 0.4) is 0 Å². The maximum Gasteiger partial charge on any atom is 0.0432 e. The van der Waals surface area contributed by atoms with Crippen LogP contribution in [0.15, 0.2) is 24.3 Å². The largest absolute Gasteiger partial charge is 0.399 e. The second kappa shape index (κ2) is 4.90. The molecular weight excluding hydrogens is 184 g/mol. The molecule has 0 radical (unpaired) electrons. The van der Waals surface area contributed by atoms with Gasteiger partial charge in [0.25, 0.3) is 0 Å². The van der Waals surface area contributed by atoms with Crippen molar-refractivity contribution in [3.8, 4) is 0 Å². The molecule has 0 aliphatic carbocycles. The summed E-state index contributed by atoms with van der Waals surface area (Å²) in [6.07, 6.45) is 4.84. The third-order valence-corrected chi connectivity index (χ3v) is 1.80. The molecule has 0 unspecified atom stereocenters. The van der Waals surface area contributed by atoms with Gasteiger partial charge in [-0.1, -0.05) is 23.8 Å². The van der Waals surface area contributed by atoms with E-state index < -0.39 is 0 Å². The summed E-state index contributed by atoms with van der Waals surface area (Å²) >= 11 is 5.82. The minimum Gasteiger partial charge on any atom is -0.399 e. The lowest BCUT2D eigenvalue weighted by Crippen LogP contribution is -1.95. The smallest absolute Gasteiger partial charge is 0.0432 e. The van der Waals surface area contributed by atoms with Gasteiger partial charge in [-0.2, -0.15) is 0 Å². The van der Waals surface area contributed by atoms with E-state index in [1.165, 1.54) is 0 Å². The average Bonchev–Trinajstić information content (AvgIpc) is 2.03. The van der Waals surface area contributed by atoms with Gasteiger partial charge in [-0.05, 0) is 36.7 Å². The van der Waals surface area contributed by atoms with Crippen LogP contribution in [0.1, 0.15) is 12.0 Å². The normalized spacial score (nSPS) is 10.9. The highest BCUT2D eigenvalue weighted by Gasteiger charge is 1.92. The molecule has 1 aromatic rings. The van der Waals surface area contributed by atoms with Gasteiger partial charge < -0.3 is 11.5 Å². The minimum atomic E-state index is 0.659. The third kappa shape index (κ3) is 3.49. The molecule has 0 aromatic heterocycles. The van der Waals surface area contributed by atoms with Crippen LogP contribution < -0.4 is 11.5 Å². The lowest BCUT2D eigenvalue weighted by molar-refractivity contribution is 1.01. The number of rotatable bonds is 3. The van der Waals surface area contributed by atoms with Gasteiger partial charge in [0.1, 0.15) is 0 Å². The second-order valence-corrected chi connectivity index (χ2v) is 3.23. The van der Waals surface area contributed by atoms with Crippen molar-refractivity contribution >= 4 is 23.4 Å². The molecule has 0 heterocycles. The first kappa shape index (κ1) is 10.1. The number of hydrogen-bond donors (Lipinski definition) is 2. The Kier molecular flexibility index (Phi) is 3.80. The third-order valence-electron chi connectivity index (χ3n) is 1.59. The molecule has 0 bridgehead atoms. The van der Waals surface area contributed by atoms with Crippen molar-refractivity contribution in [2.45, 2.75) is 6.42 Å². The first-order valence-corrected chi connectivity index (χ1v) is 4.53. The number of hydrogen-bond acceptors (Lipinski definition) is 2. The monoisotopic (exact) mass is 196 g/mol. The van der Waals surface area contributed by atoms with Crippen molar-refractivity contribution in [1.29, 1.82) is 0 Å². The van der Waals surface area contributed by atoms with Crippen molar-refractivity contribution in [3.63, 3.8) is 0 Å². The first-order valence-electron chi connectivity index (χ1n) is 4.15. The van der Waals surface area contributed by atoms with Crippen LogP contribution in [0.25, 0.3) is 6.08 Å². The van der Waals surface area contributed by atoms with E-state index in [0.29, 0.717) is 17.3 Å². The van der Waals surface area contributed by atoms with Gasteiger partial charge in [-0.3, -0.25) is 0 Å². The molecule has 0 amide bonds. The highest BCUT2D eigenvalue weighted by Crippen LogP contribution is 2.17. The zero-order valence-corrected chi connectivity index (χ0v) is 8.09. The summed E-state index contributed by atoms with van der Waals surface area (Å²) in [7, 11) is 0. The van der Waals surface area contributed by atoms with Crippen molar-refractivity contribution in [1.82, 2.24) is 0 Å². The summed E-state index contributed by atoms with van der Waals surface area (Å²) in [5.41, 5.74) is 12.7. The first-order chi connectivity index (χ1) is 6.22. The van der Waals surface area contributed by atoms with Crippen LogP contribution in [-0.2, 0) is 0 Å². The Morgan fingerprint density at radius 1 is 1.31 bits per heavy atom. The predicted molar refractivity (Wildman–Crippen MR) is 58.6 cm³/mol. The Labute approximate surface area is 83.2 Å². The van der Waals surface area contributed by atoms with Crippen LogP contribution in [0.5, 0.6) is 0 Å². The molecule has 1 aromatic carbocycles. The standard InChI is InChI=1S/C10H13ClN2/c11-9-5-8(3-1-2-4-12)6-10(13)7-9/h1,3,5-7H,2,4,12-13H2. The average molecular weight is 197 g/mol. The maximum atomic E-state index is 5.82. The zero-order chi connectivity index (χ0) is 9.68. The molecule has 0 aliphatic rings. The Balaban J connectivity index is 2.77. The van der Waals surface area contributed by atoms with Crippen LogP contribution >= 0.6 is 11.6 Å². The highest BCUT2D eigenvalue weighted by atomic mass is 35.5. The molecule has 0 saturated heterocycles. The molecular formula is C10H13ClN2. The van der Waals surface area contributed by atoms with Gasteiger partial charge in [0.15, 0.2) is 0 Å². The maximum absolute atomic E-state index is 5.82. The van der Waals surface area contributed by atoms with E-state index in [9.17, 15) is 0 Å². The Morgan fingerprint density at radius 2 is 2.08 bits per heavy atom. The number of halogens is 1. The summed E-state index contributed by atoms with van der Waals surface area (Å²) in [4.78, 5) is 0. The van der Waals surface area contributed by atoms with Gasteiger partial charge in [0.2, 0.25) is 0 Å². The molecule has 70 valence electrons. The summed E-state index contributed by atoms with van der Waals surface area (Å²) in [6.45, 7) is 0.659. The highest BCUT2D eigenvalue weighted by molar-refractivity contribution is 6.31. The molecule has 0 atom stereocenters. The molecule has 4 N–H and O–H groups in total. The van der Waals surface area contributed by atoms with Crippen molar-refractivity contribution in [2.75, 3.05) is 12.3 Å². The van der Waals surface area contributed by atoms with E-state index in [0.717, 1.165) is 12.0 Å². The number of anilines is 1. The number of benzene rings is 1.